The molecule has 24 heavy (non-hydrogen) atoms. The van der Waals surface area contributed by atoms with Crippen LogP contribution in [0.15, 0.2) is 83.3 Å². The van der Waals surface area contributed by atoms with Crippen LogP contribution in [-0.4, -0.2) is 0 Å². The molecular weight excluding hydrogens is 292 g/mol. The Hall–Kier alpha value is -3.06. The molecule has 0 fully saturated rings. The predicted octanol–water partition coefficient (Wildman–Crippen LogP) is 6.71. The number of fused-ring (bicyclic) bond motifs is 4. The summed E-state index contributed by atoms with van der Waals surface area (Å²) in [5, 5.41) is 4.87. The molecule has 0 saturated heterocycles. The van der Waals surface area contributed by atoms with Crippen LogP contribution in [0.4, 0.5) is 0 Å². The van der Waals surface area contributed by atoms with Gasteiger partial charge in [0.05, 0.1) is 0 Å². The Bertz CT molecular complexity index is 1210. The van der Waals surface area contributed by atoms with E-state index in [1.54, 1.807) is 0 Å². The van der Waals surface area contributed by atoms with Crippen molar-refractivity contribution in [3.8, 4) is 11.1 Å². The van der Waals surface area contributed by atoms with Gasteiger partial charge in [-0.25, -0.2) is 0 Å². The van der Waals surface area contributed by atoms with Gasteiger partial charge in [0, 0.05) is 16.3 Å². The lowest BCUT2D eigenvalue weighted by atomic mass is 9.95. The van der Waals surface area contributed by atoms with Gasteiger partial charge in [0.2, 0.25) is 0 Å². The van der Waals surface area contributed by atoms with Crippen LogP contribution in [0.5, 0.6) is 0 Å². The lowest BCUT2D eigenvalue weighted by Crippen LogP contribution is -1.84. The third kappa shape index (κ3) is 1.88. The number of para-hydroxylation sites is 2. The summed E-state index contributed by atoms with van der Waals surface area (Å²) in [5.41, 5.74) is 5.56. The highest BCUT2D eigenvalue weighted by molar-refractivity contribution is 6.12. The first-order valence-electron chi connectivity index (χ1n) is 8.21. The molecule has 114 valence electrons. The summed E-state index contributed by atoms with van der Waals surface area (Å²) in [4.78, 5) is 0. The van der Waals surface area contributed by atoms with Crippen molar-refractivity contribution in [2.45, 2.75) is 6.92 Å². The minimum absolute atomic E-state index is 0.942. The molecule has 1 nitrogen and oxygen atoms in total. The lowest BCUT2D eigenvalue weighted by molar-refractivity contribution is 0.670. The van der Waals surface area contributed by atoms with E-state index in [0.717, 1.165) is 16.7 Å². The zero-order valence-corrected chi connectivity index (χ0v) is 13.4. The number of hydrogen-bond acceptors (Lipinski definition) is 1. The van der Waals surface area contributed by atoms with Gasteiger partial charge in [0.1, 0.15) is 11.2 Å². The molecule has 0 radical (unpaired) electrons. The summed E-state index contributed by atoms with van der Waals surface area (Å²) in [5.74, 6) is 0. The number of benzene rings is 4. The molecule has 0 bridgehead atoms. The standard InChI is InChI=1S/C23H16O/c1-15-13-16-7-2-3-8-17(16)21(14-15)20-11-6-10-19-18-9-4-5-12-22(18)24-23(19)20/h2-14H,1H3. The number of furan rings is 1. The molecule has 4 aromatic carbocycles. The van der Waals surface area contributed by atoms with Gasteiger partial charge in [-0.2, -0.15) is 0 Å². The van der Waals surface area contributed by atoms with Gasteiger partial charge >= 0.3 is 0 Å². The topological polar surface area (TPSA) is 13.1 Å². The first kappa shape index (κ1) is 13.4. The fourth-order valence-electron chi connectivity index (χ4n) is 3.64. The summed E-state index contributed by atoms with van der Waals surface area (Å²) >= 11 is 0. The molecule has 1 heterocycles. The van der Waals surface area contributed by atoms with Gasteiger partial charge in [-0.05, 0) is 34.9 Å². The fourth-order valence-corrected chi connectivity index (χ4v) is 3.64. The quantitative estimate of drug-likeness (QED) is 0.335. The van der Waals surface area contributed by atoms with Crippen LogP contribution in [0, 0.1) is 6.92 Å². The van der Waals surface area contributed by atoms with Crippen LogP contribution in [0.25, 0.3) is 43.8 Å². The Kier molecular flexibility index (Phi) is 2.77. The van der Waals surface area contributed by atoms with Gasteiger partial charge in [-0.1, -0.05) is 72.8 Å². The van der Waals surface area contributed by atoms with Crippen molar-refractivity contribution >= 4 is 32.7 Å². The summed E-state index contributed by atoms with van der Waals surface area (Å²) in [7, 11) is 0. The van der Waals surface area contributed by atoms with Gasteiger partial charge in [0.25, 0.3) is 0 Å². The van der Waals surface area contributed by atoms with Crippen LogP contribution in [-0.2, 0) is 0 Å². The number of hydrogen-bond donors (Lipinski definition) is 0. The normalized spacial score (nSPS) is 11.5. The smallest absolute Gasteiger partial charge is 0.143 e. The number of rotatable bonds is 1. The molecule has 1 aromatic heterocycles. The minimum Gasteiger partial charge on any atom is -0.455 e. The third-order valence-electron chi connectivity index (χ3n) is 4.70. The van der Waals surface area contributed by atoms with Crippen molar-refractivity contribution in [3.63, 3.8) is 0 Å². The van der Waals surface area contributed by atoms with Crippen LogP contribution in [0.1, 0.15) is 5.56 Å². The Morgan fingerprint density at radius 3 is 2.29 bits per heavy atom. The highest BCUT2D eigenvalue weighted by Crippen LogP contribution is 2.38. The van der Waals surface area contributed by atoms with Gasteiger partial charge in [0.15, 0.2) is 0 Å². The lowest BCUT2D eigenvalue weighted by Gasteiger charge is -2.09. The van der Waals surface area contributed by atoms with E-state index in [-0.39, 0.29) is 0 Å². The van der Waals surface area contributed by atoms with E-state index >= 15 is 0 Å². The molecule has 0 aliphatic heterocycles. The van der Waals surface area contributed by atoms with E-state index in [1.165, 1.54) is 32.7 Å². The van der Waals surface area contributed by atoms with Crippen LogP contribution in [0.2, 0.25) is 0 Å². The van der Waals surface area contributed by atoms with E-state index in [9.17, 15) is 0 Å². The summed E-state index contributed by atoms with van der Waals surface area (Å²) in [6.07, 6.45) is 0. The zero-order valence-electron chi connectivity index (χ0n) is 13.4. The summed E-state index contributed by atoms with van der Waals surface area (Å²) in [6.45, 7) is 2.15. The predicted molar refractivity (Wildman–Crippen MR) is 101 cm³/mol. The Morgan fingerprint density at radius 2 is 1.38 bits per heavy atom. The van der Waals surface area contributed by atoms with Crippen LogP contribution in [0.3, 0.4) is 0 Å². The molecule has 0 atom stereocenters. The van der Waals surface area contributed by atoms with Crippen molar-refractivity contribution in [2.24, 2.45) is 0 Å². The first-order chi connectivity index (χ1) is 11.8. The molecule has 5 rings (SSSR count). The second-order valence-electron chi connectivity index (χ2n) is 6.31. The SMILES string of the molecule is Cc1cc(-c2cccc3c2oc2ccccc23)c2ccccc2c1. The molecule has 0 spiro atoms. The summed E-state index contributed by atoms with van der Waals surface area (Å²) in [6, 6.07) is 27.7. The van der Waals surface area contributed by atoms with Crippen molar-refractivity contribution in [2.75, 3.05) is 0 Å². The third-order valence-corrected chi connectivity index (χ3v) is 4.70. The molecule has 0 unspecified atom stereocenters. The van der Waals surface area contributed by atoms with E-state index in [0.29, 0.717) is 0 Å². The summed E-state index contributed by atoms with van der Waals surface area (Å²) < 4.78 is 6.23. The Balaban J connectivity index is 1.94. The van der Waals surface area contributed by atoms with Gasteiger partial charge < -0.3 is 4.42 Å². The molecule has 5 aromatic rings. The minimum atomic E-state index is 0.942. The zero-order chi connectivity index (χ0) is 16.1. The van der Waals surface area contributed by atoms with Crippen LogP contribution < -0.4 is 0 Å². The van der Waals surface area contributed by atoms with E-state index in [1.807, 2.05) is 12.1 Å². The van der Waals surface area contributed by atoms with Crippen molar-refractivity contribution in [1.29, 1.82) is 0 Å². The van der Waals surface area contributed by atoms with E-state index < -0.39 is 0 Å². The molecule has 0 aliphatic rings. The van der Waals surface area contributed by atoms with Gasteiger partial charge in [-0.15, -0.1) is 0 Å². The molecule has 0 saturated carbocycles. The molecule has 0 N–H and O–H groups in total. The average molecular weight is 308 g/mol. The van der Waals surface area contributed by atoms with Crippen molar-refractivity contribution in [1.82, 2.24) is 0 Å². The largest absolute Gasteiger partial charge is 0.455 e. The van der Waals surface area contributed by atoms with Crippen LogP contribution >= 0.6 is 0 Å². The van der Waals surface area contributed by atoms with Gasteiger partial charge in [-0.3, -0.25) is 0 Å². The van der Waals surface area contributed by atoms with E-state index in [2.05, 4.69) is 73.7 Å². The highest BCUT2D eigenvalue weighted by atomic mass is 16.3. The second-order valence-corrected chi connectivity index (χ2v) is 6.31. The maximum absolute atomic E-state index is 6.23. The number of aryl methyl sites for hydroxylation is 1. The fraction of sp³-hybridized carbons (Fsp3) is 0.0435. The maximum Gasteiger partial charge on any atom is 0.143 e. The monoisotopic (exact) mass is 308 g/mol. The molecule has 0 aliphatic carbocycles. The van der Waals surface area contributed by atoms with E-state index in [4.69, 9.17) is 4.42 Å². The molecular formula is C23H16O. The molecule has 1 heteroatoms. The van der Waals surface area contributed by atoms with Crippen molar-refractivity contribution < 1.29 is 4.42 Å². The first-order valence-corrected chi connectivity index (χ1v) is 8.21. The maximum atomic E-state index is 6.23. The van der Waals surface area contributed by atoms with Crippen molar-refractivity contribution in [3.05, 3.63) is 84.4 Å². The Morgan fingerprint density at radius 1 is 0.625 bits per heavy atom. The average Bonchev–Trinajstić information content (AvgIpc) is 3.00. The molecule has 0 amide bonds. The highest BCUT2D eigenvalue weighted by Gasteiger charge is 2.13. The Labute approximate surface area is 140 Å². The second kappa shape index (κ2) is 4.97.